The van der Waals surface area contributed by atoms with Crippen molar-refractivity contribution < 1.29 is 56.1 Å². The van der Waals surface area contributed by atoms with Crippen LogP contribution in [0.4, 0.5) is 17.6 Å². The molecule has 3 atom stereocenters. The van der Waals surface area contributed by atoms with Gasteiger partial charge in [0.25, 0.3) is 0 Å². The summed E-state index contributed by atoms with van der Waals surface area (Å²) >= 11 is 0. The van der Waals surface area contributed by atoms with Crippen molar-refractivity contribution in [3.63, 3.8) is 0 Å². The van der Waals surface area contributed by atoms with Crippen LogP contribution in [0.15, 0.2) is 30.3 Å². The summed E-state index contributed by atoms with van der Waals surface area (Å²) in [5.74, 6) is -6.32. The van der Waals surface area contributed by atoms with Crippen LogP contribution in [0.1, 0.15) is 24.8 Å². The predicted octanol–water partition coefficient (Wildman–Crippen LogP) is 2.15. The van der Waals surface area contributed by atoms with E-state index in [1.165, 1.54) is 0 Å². The van der Waals surface area contributed by atoms with Crippen LogP contribution in [-0.2, 0) is 39.8 Å². The Morgan fingerprint density at radius 3 is 2.15 bits per heavy atom. The molecule has 0 aliphatic carbocycles. The Balaban J connectivity index is 2.14. The van der Waals surface area contributed by atoms with Crippen LogP contribution in [0.2, 0.25) is 0 Å². The lowest BCUT2D eigenvalue weighted by Crippen LogP contribution is -2.48. The molecule has 0 saturated carbocycles. The number of carboxylic acid groups (broad SMARTS) is 1. The van der Waals surface area contributed by atoms with E-state index >= 15 is 0 Å². The first-order chi connectivity index (χ1) is 19.0. The van der Waals surface area contributed by atoms with Gasteiger partial charge >= 0.3 is 19.2 Å². The molecule has 1 aliphatic rings. The van der Waals surface area contributed by atoms with Crippen LogP contribution >= 0.6 is 0 Å². The molecule has 1 fully saturated rings. The number of ether oxygens (including phenoxy) is 3. The standard InChI is InChI=1S/C26H34F4N2O8/c27-25(28)39-15-19(24(36)37)13-22(34)21(16-40-26(29)30)31-23(35)18(7-6-17-4-2-1-3-5-17)12-20(33)14-32-8-10-38-11-9-32/h1-5,18-19,21,25-26H,6-16H2,(H,31,35)(H,36,37)/t18-,19+,21+/m1/s1. The number of carbonyl (C=O) groups excluding carboxylic acids is 3. The minimum absolute atomic E-state index is 0.0831. The molecule has 14 heteroatoms. The first-order valence-corrected chi connectivity index (χ1v) is 12.8. The summed E-state index contributed by atoms with van der Waals surface area (Å²) in [5.41, 5.74) is 0.887. The highest BCUT2D eigenvalue weighted by atomic mass is 19.3. The monoisotopic (exact) mass is 578 g/mol. The molecule has 2 rings (SSSR count). The van der Waals surface area contributed by atoms with E-state index < -0.39 is 68.4 Å². The minimum atomic E-state index is -3.30. The van der Waals surface area contributed by atoms with Crippen LogP contribution in [0.25, 0.3) is 0 Å². The Kier molecular flexibility index (Phi) is 14.7. The lowest BCUT2D eigenvalue weighted by atomic mass is 9.92. The van der Waals surface area contributed by atoms with E-state index in [-0.39, 0.29) is 25.2 Å². The molecular formula is C26H34F4N2O8. The Hall–Kier alpha value is -2.94. The van der Waals surface area contributed by atoms with Crippen molar-refractivity contribution >= 4 is 23.4 Å². The molecule has 0 bridgehead atoms. The fourth-order valence-corrected chi connectivity index (χ4v) is 4.12. The number of ketones is 2. The average Bonchev–Trinajstić information content (AvgIpc) is 2.91. The van der Waals surface area contributed by atoms with Crippen molar-refractivity contribution in [1.82, 2.24) is 10.2 Å². The van der Waals surface area contributed by atoms with Gasteiger partial charge in [-0.15, -0.1) is 0 Å². The number of carboxylic acids is 1. The van der Waals surface area contributed by atoms with Gasteiger partial charge < -0.3 is 24.6 Å². The smallest absolute Gasteiger partial charge is 0.345 e. The van der Waals surface area contributed by atoms with Gasteiger partial charge in [0.05, 0.1) is 38.9 Å². The van der Waals surface area contributed by atoms with Crippen molar-refractivity contribution in [2.45, 2.75) is 44.9 Å². The van der Waals surface area contributed by atoms with Gasteiger partial charge in [-0.25, -0.2) is 0 Å². The van der Waals surface area contributed by atoms with Crippen molar-refractivity contribution in [2.24, 2.45) is 11.8 Å². The Morgan fingerprint density at radius 2 is 1.55 bits per heavy atom. The second-order valence-electron chi connectivity index (χ2n) is 9.31. The third-order valence-electron chi connectivity index (χ3n) is 6.29. The van der Waals surface area contributed by atoms with Gasteiger partial charge in [0.15, 0.2) is 5.78 Å². The third kappa shape index (κ3) is 12.9. The Labute approximate surface area is 228 Å². The second kappa shape index (κ2) is 17.7. The number of hydrogen-bond acceptors (Lipinski definition) is 8. The van der Waals surface area contributed by atoms with Crippen LogP contribution in [-0.4, -0.2) is 98.8 Å². The molecule has 1 heterocycles. The zero-order chi connectivity index (χ0) is 29.5. The Morgan fingerprint density at radius 1 is 0.925 bits per heavy atom. The number of carbonyl (C=O) groups is 4. The summed E-state index contributed by atoms with van der Waals surface area (Å²) in [6.07, 6.45) is -0.472. The highest BCUT2D eigenvalue weighted by molar-refractivity contribution is 5.93. The molecule has 40 heavy (non-hydrogen) atoms. The van der Waals surface area contributed by atoms with E-state index in [2.05, 4.69) is 14.8 Å². The SMILES string of the molecule is O=C(C[C@@H](CCc1ccccc1)C(=O)N[C@@H](COC(F)F)C(=O)C[C@@H](COC(F)F)C(=O)O)CN1CCOCC1. The number of Topliss-reactive ketones (excluding diaryl/α,β-unsaturated/α-hetero) is 2. The van der Waals surface area contributed by atoms with Gasteiger partial charge in [-0.05, 0) is 18.4 Å². The highest BCUT2D eigenvalue weighted by Crippen LogP contribution is 2.17. The van der Waals surface area contributed by atoms with Crippen LogP contribution in [0.3, 0.4) is 0 Å². The molecule has 0 unspecified atom stereocenters. The van der Waals surface area contributed by atoms with E-state index in [1.54, 1.807) is 12.1 Å². The number of alkyl halides is 4. The van der Waals surface area contributed by atoms with Crippen LogP contribution < -0.4 is 5.32 Å². The lowest BCUT2D eigenvalue weighted by molar-refractivity contribution is -0.162. The van der Waals surface area contributed by atoms with E-state index in [0.717, 1.165) is 5.56 Å². The topological polar surface area (TPSA) is 131 Å². The summed E-state index contributed by atoms with van der Waals surface area (Å²) in [6, 6.07) is 7.39. The van der Waals surface area contributed by atoms with Gasteiger partial charge in [0, 0.05) is 31.8 Å². The summed E-state index contributed by atoms with van der Waals surface area (Å²) in [7, 11) is 0. The quantitative estimate of drug-likeness (QED) is 0.237. The second-order valence-corrected chi connectivity index (χ2v) is 9.31. The summed E-state index contributed by atoms with van der Waals surface area (Å²) in [4.78, 5) is 52.2. The molecular weight excluding hydrogens is 544 g/mol. The first kappa shape index (κ1) is 33.3. The normalized spacial score (nSPS) is 16.4. The summed E-state index contributed by atoms with van der Waals surface area (Å²) < 4.78 is 63.7. The molecule has 224 valence electrons. The third-order valence-corrected chi connectivity index (χ3v) is 6.29. The van der Waals surface area contributed by atoms with Gasteiger partial charge in [0.2, 0.25) is 5.91 Å². The van der Waals surface area contributed by atoms with E-state index in [9.17, 15) is 41.8 Å². The van der Waals surface area contributed by atoms with Crippen molar-refractivity contribution in [1.29, 1.82) is 0 Å². The number of aryl methyl sites for hydroxylation is 1. The largest absolute Gasteiger partial charge is 0.481 e. The molecule has 0 radical (unpaired) electrons. The maximum Gasteiger partial charge on any atom is 0.345 e. The van der Waals surface area contributed by atoms with Crippen molar-refractivity contribution in [3.05, 3.63) is 35.9 Å². The fraction of sp³-hybridized carbons (Fsp3) is 0.615. The van der Waals surface area contributed by atoms with Gasteiger partial charge in [-0.2, -0.15) is 17.6 Å². The Bertz CT molecular complexity index is 948. The average molecular weight is 579 g/mol. The number of nitrogens with zero attached hydrogens (tertiary/aromatic N) is 1. The maximum absolute atomic E-state index is 13.3. The number of hydrogen-bond donors (Lipinski definition) is 2. The molecule has 2 N–H and O–H groups in total. The summed E-state index contributed by atoms with van der Waals surface area (Å²) in [5, 5.41) is 11.6. The van der Waals surface area contributed by atoms with Crippen molar-refractivity contribution in [2.75, 3.05) is 46.1 Å². The fourth-order valence-electron chi connectivity index (χ4n) is 4.12. The first-order valence-electron chi connectivity index (χ1n) is 12.8. The van der Waals surface area contributed by atoms with Gasteiger partial charge in [-0.3, -0.25) is 24.1 Å². The zero-order valence-electron chi connectivity index (χ0n) is 21.8. The number of rotatable bonds is 19. The highest BCUT2D eigenvalue weighted by Gasteiger charge is 2.32. The number of halogens is 4. The molecule has 1 aromatic carbocycles. The number of morpholine rings is 1. The van der Waals surface area contributed by atoms with Gasteiger partial charge in [0.1, 0.15) is 11.8 Å². The molecule has 10 nitrogen and oxygen atoms in total. The molecule has 1 aliphatic heterocycles. The van der Waals surface area contributed by atoms with E-state index in [1.807, 2.05) is 23.1 Å². The molecule has 1 saturated heterocycles. The van der Waals surface area contributed by atoms with Crippen LogP contribution in [0.5, 0.6) is 0 Å². The number of aliphatic carboxylic acids is 1. The number of benzene rings is 1. The predicted molar refractivity (Wildman–Crippen MR) is 132 cm³/mol. The van der Waals surface area contributed by atoms with Crippen molar-refractivity contribution in [3.8, 4) is 0 Å². The number of nitrogens with one attached hydrogen (secondary N) is 1. The van der Waals surface area contributed by atoms with Gasteiger partial charge in [-0.1, -0.05) is 30.3 Å². The molecule has 0 spiro atoms. The minimum Gasteiger partial charge on any atom is -0.481 e. The zero-order valence-corrected chi connectivity index (χ0v) is 21.8. The number of amides is 1. The molecule has 1 amide bonds. The van der Waals surface area contributed by atoms with E-state index in [0.29, 0.717) is 32.7 Å². The molecule has 0 aromatic heterocycles. The summed E-state index contributed by atoms with van der Waals surface area (Å²) in [6.45, 7) is -6.45. The molecule has 1 aromatic rings. The van der Waals surface area contributed by atoms with E-state index in [4.69, 9.17) is 4.74 Å². The lowest BCUT2D eigenvalue weighted by Gasteiger charge is -2.27. The van der Waals surface area contributed by atoms with Crippen LogP contribution in [0, 0.1) is 11.8 Å². The maximum atomic E-state index is 13.3.